The van der Waals surface area contributed by atoms with Crippen molar-refractivity contribution in [1.29, 1.82) is 5.26 Å². The van der Waals surface area contributed by atoms with Crippen LogP contribution in [0.15, 0.2) is 22.8 Å². The van der Waals surface area contributed by atoms with E-state index < -0.39 is 0 Å². The number of nitrogens with one attached hydrogen (secondary N) is 1. The summed E-state index contributed by atoms with van der Waals surface area (Å²) >= 11 is 0. The van der Waals surface area contributed by atoms with Crippen LogP contribution in [0.2, 0.25) is 0 Å². The summed E-state index contributed by atoms with van der Waals surface area (Å²) < 4.78 is 7.43. The Kier molecular flexibility index (Phi) is 2.77. The zero-order chi connectivity index (χ0) is 12.4. The van der Waals surface area contributed by atoms with Gasteiger partial charge in [-0.15, -0.1) is 0 Å². The van der Waals surface area contributed by atoms with Gasteiger partial charge < -0.3 is 14.3 Å². The first-order valence-corrected chi connectivity index (χ1v) is 6.14. The quantitative estimate of drug-likeness (QED) is 0.893. The Bertz CT molecular complexity index is 577. The van der Waals surface area contributed by atoms with Crippen LogP contribution >= 0.6 is 0 Å². The lowest BCUT2D eigenvalue weighted by atomic mass is 10.2. The van der Waals surface area contributed by atoms with Gasteiger partial charge in [0, 0.05) is 25.9 Å². The van der Waals surface area contributed by atoms with Crippen molar-refractivity contribution in [3.8, 4) is 6.07 Å². The fourth-order valence-electron chi connectivity index (χ4n) is 2.32. The lowest BCUT2D eigenvalue weighted by Crippen LogP contribution is -2.19. The number of hydrogen-bond acceptors (Lipinski definition) is 4. The number of nitrogens with zero attached hydrogens (tertiary/aromatic N) is 3. The first kappa shape index (κ1) is 10.9. The maximum Gasteiger partial charge on any atom is 0.183 e. The van der Waals surface area contributed by atoms with E-state index in [1.54, 1.807) is 6.26 Å². The molecule has 0 saturated carbocycles. The van der Waals surface area contributed by atoms with Crippen molar-refractivity contribution in [3.05, 3.63) is 35.7 Å². The molecular formula is C13H14N4O. The molecule has 0 spiro atoms. The summed E-state index contributed by atoms with van der Waals surface area (Å²) in [6, 6.07) is 6.00. The van der Waals surface area contributed by atoms with Crippen LogP contribution in [-0.4, -0.2) is 16.1 Å². The Morgan fingerprint density at radius 2 is 2.44 bits per heavy atom. The van der Waals surface area contributed by atoms with Crippen LogP contribution in [0.5, 0.6) is 0 Å². The smallest absolute Gasteiger partial charge is 0.183 e. The number of anilines is 1. The summed E-state index contributed by atoms with van der Waals surface area (Å²) in [5.74, 6) is 2.79. The SMILES string of the molecule is N#Cc1nc(CCc2ccco2)n2c1NCCC2. The molecule has 1 N–H and O–H groups in total. The van der Waals surface area contributed by atoms with E-state index in [4.69, 9.17) is 9.68 Å². The first-order valence-electron chi connectivity index (χ1n) is 6.14. The lowest BCUT2D eigenvalue weighted by Gasteiger charge is -2.18. The van der Waals surface area contributed by atoms with Crippen molar-refractivity contribution in [1.82, 2.24) is 9.55 Å². The number of fused-ring (bicyclic) bond motifs is 1. The van der Waals surface area contributed by atoms with Gasteiger partial charge in [0.1, 0.15) is 23.5 Å². The van der Waals surface area contributed by atoms with E-state index in [1.165, 1.54) is 0 Å². The van der Waals surface area contributed by atoms with E-state index in [0.717, 1.165) is 49.8 Å². The third kappa shape index (κ3) is 1.86. The van der Waals surface area contributed by atoms with Crippen LogP contribution in [0.4, 0.5) is 5.82 Å². The number of aryl methyl sites for hydroxylation is 2. The summed E-state index contributed by atoms with van der Waals surface area (Å²) in [6.07, 6.45) is 4.36. The molecule has 3 heterocycles. The average Bonchev–Trinajstić information content (AvgIpc) is 3.04. The Morgan fingerprint density at radius 3 is 3.22 bits per heavy atom. The summed E-state index contributed by atoms with van der Waals surface area (Å²) in [4.78, 5) is 4.41. The Balaban J connectivity index is 1.83. The minimum atomic E-state index is 0.504. The Labute approximate surface area is 105 Å². The third-order valence-corrected chi connectivity index (χ3v) is 3.18. The Hall–Kier alpha value is -2.22. The van der Waals surface area contributed by atoms with E-state index in [1.807, 2.05) is 12.1 Å². The lowest BCUT2D eigenvalue weighted by molar-refractivity contribution is 0.501. The number of hydrogen-bond donors (Lipinski definition) is 1. The van der Waals surface area contributed by atoms with Crippen LogP contribution in [0.3, 0.4) is 0 Å². The predicted octanol–water partition coefficient (Wildman–Crippen LogP) is 1.95. The minimum absolute atomic E-state index is 0.504. The molecule has 0 aromatic carbocycles. The van der Waals surface area contributed by atoms with Gasteiger partial charge in [-0.25, -0.2) is 4.98 Å². The molecule has 1 aliphatic rings. The molecule has 92 valence electrons. The van der Waals surface area contributed by atoms with Gasteiger partial charge in [0.05, 0.1) is 6.26 Å². The van der Waals surface area contributed by atoms with Gasteiger partial charge in [-0.1, -0.05) is 0 Å². The molecule has 0 amide bonds. The van der Waals surface area contributed by atoms with E-state index in [-0.39, 0.29) is 0 Å². The van der Waals surface area contributed by atoms with Gasteiger partial charge in [-0.2, -0.15) is 5.26 Å². The molecule has 0 radical (unpaired) electrons. The second-order valence-corrected chi connectivity index (χ2v) is 4.35. The molecule has 3 rings (SSSR count). The van der Waals surface area contributed by atoms with Crippen molar-refractivity contribution >= 4 is 5.82 Å². The molecule has 2 aromatic heterocycles. The molecule has 2 aromatic rings. The second kappa shape index (κ2) is 4.57. The van der Waals surface area contributed by atoms with Crippen molar-refractivity contribution < 1.29 is 4.42 Å². The molecule has 5 heteroatoms. The predicted molar refractivity (Wildman–Crippen MR) is 66.2 cm³/mol. The van der Waals surface area contributed by atoms with Gasteiger partial charge in [0.2, 0.25) is 0 Å². The van der Waals surface area contributed by atoms with Crippen molar-refractivity contribution in [2.24, 2.45) is 0 Å². The van der Waals surface area contributed by atoms with E-state index >= 15 is 0 Å². The van der Waals surface area contributed by atoms with Gasteiger partial charge in [0.25, 0.3) is 0 Å². The fraction of sp³-hybridized carbons (Fsp3) is 0.385. The monoisotopic (exact) mass is 242 g/mol. The van der Waals surface area contributed by atoms with Gasteiger partial charge >= 0.3 is 0 Å². The highest BCUT2D eigenvalue weighted by molar-refractivity contribution is 5.51. The second-order valence-electron chi connectivity index (χ2n) is 4.35. The van der Waals surface area contributed by atoms with Gasteiger partial charge in [-0.3, -0.25) is 0 Å². The van der Waals surface area contributed by atoms with Crippen LogP contribution in [0.1, 0.15) is 23.7 Å². The number of rotatable bonds is 3. The first-order chi connectivity index (χ1) is 8.88. The van der Waals surface area contributed by atoms with E-state index in [0.29, 0.717) is 5.69 Å². The summed E-state index contributed by atoms with van der Waals surface area (Å²) in [6.45, 7) is 1.85. The number of aromatic nitrogens is 2. The highest BCUT2D eigenvalue weighted by Crippen LogP contribution is 2.22. The molecule has 0 aliphatic carbocycles. The molecule has 0 unspecified atom stereocenters. The van der Waals surface area contributed by atoms with Crippen LogP contribution in [-0.2, 0) is 19.4 Å². The zero-order valence-electron chi connectivity index (χ0n) is 10.0. The van der Waals surface area contributed by atoms with Crippen molar-refractivity contribution in [2.45, 2.75) is 25.8 Å². The molecule has 0 bridgehead atoms. The minimum Gasteiger partial charge on any atom is -0.469 e. The average molecular weight is 242 g/mol. The standard InChI is InChI=1S/C13H14N4O/c14-9-11-13-15-6-2-7-17(13)12(16-11)5-4-10-3-1-8-18-10/h1,3,8,15H,2,4-7H2. The molecule has 0 atom stereocenters. The molecular weight excluding hydrogens is 228 g/mol. The molecule has 0 saturated heterocycles. The summed E-state index contributed by atoms with van der Waals surface area (Å²) in [5, 5.41) is 12.3. The molecule has 5 nitrogen and oxygen atoms in total. The van der Waals surface area contributed by atoms with Crippen LogP contribution < -0.4 is 5.32 Å². The maximum atomic E-state index is 9.07. The summed E-state index contributed by atoms with van der Waals surface area (Å²) in [5.41, 5.74) is 0.504. The molecule has 18 heavy (non-hydrogen) atoms. The number of imidazole rings is 1. The van der Waals surface area contributed by atoms with Crippen LogP contribution in [0, 0.1) is 11.3 Å². The number of furan rings is 1. The molecule has 0 fully saturated rings. The maximum absolute atomic E-state index is 9.07. The largest absolute Gasteiger partial charge is 0.469 e. The third-order valence-electron chi connectivity index (χ3n) is 3.18. The van der Waals surface area contributed by atoms with Crippen molar-refractivity contribution in [3.63, 3.8) is 0 Å². The highest BCUT2D eigenvalue weighted by Gasteiger charge is 2.19. The van der Waals surface area contributed by atoms with Crippen LogP contribution in [0.25, 0.3) is 0 Å². The van der Waals surface area contributed by atoms with E-state index in [2.05, 4.69) is 20.9 Å². The Morgan fingerprint density at radius 1 is 1.50 bits per heavy atom. The zero-order valence-corrected chi connectivity index (χ0v) is 10.0. The van der Waals surface area contributed by atoms with E-state index in [9.17, 15) is 0 Å². The highest BCUT2D eigenvalue weighted by atomic mass is 16.3. The van der Waals surface area contributed by atoms with Gasteiger partial charge in [0.15, 0.2) is 5.69 Å². The normalized spacial score (nSPS) is 13.7. The number of nitriles is 1. The summed E-state index contributed by atoms with van der Waals surface area (Å²) in [7, 11) is 0. The van der Waals surface area contributed by atoms with Gasteiger partial charge in [-0.05, 0) is 18.6 Å². The fourth-order valence-corrected chi connectivity index (χ4v) is 2.32. The molecule has 1 aliphatic heterocycles. The van der Waals surface area contributed by atoms with Crippen molar-refractivity contribution in [2.75, 3.05) is 11.9 Å². The topological polar surface area (TPSA) is 66.8 Å².